The lowest BCUT2D eigenvalue weighted by molar-refractivity contribution is 0.277. The van der Waals surface area contributed by atoms with E-state index in [9.17, 15) is 8.42 Å². The number of hydrogen-bond acceptors (Lipinski definition) is 3. The molecular formula is C15H23N3O2S. The Morgan fingerprint density at radius 3 is 2.38 bits per heavy atom. The number of guanidine groups is 1. The monoisotopic (exact) mass is 309 g/mol. The topological polar surface area (TPSA) is 75.8 Å². The zero-order valence-corrected chi connectivity index (χ0v) is 13.4. The molecule has 0 atom stereocenters. The van der Waals surface area contributed by atoms with Crippen LogP contribution >= 0.6 is 0 Å². The molecule has 6 heteroatoms. The summed E-state index contributed by atoms with van der Waals surface area (Å²) in [6.45, 7) is 4.66. The summed E-state index contributed by atoms with van der Waals surface area (Å²) in [5.74, 6) is 1.34. The SMILES string of the molecule is CC1CCN(C(N)=NCc2ccc(S(C)(=O)=O)cc2)CC1. The Morgan fingerprint density at radius 1 is 1.29 bits per heavy atom. The van der Waals surface area contributed by atoms with Crippen molar-refractivity contribution in [2.24, 2.45) is 16.6 Å². The van der Waals surface area contributed by atoms with Crippen molar-refractivity contribution in [3.63, 3.8) is 0 Å². The Bertz CT molecular complexity index is 600. The fourth-order valence-corrected chi connectivity index (χ4v) is 2.98. The Balaban J connectivity index is 1.97. The first kappa shape index (κ1) is 15.8. The van der Waals surface area contributed by atoms with Gasteiger partial charge in [0.05, 0.1) is 11.4 Å². The van der Waals surface area contributed by atoms with E-state index in [2.05, 4.69) is 16.8 Å². The number of nitrogens with zero attached hydrogens (tertiary/aromatic N) is 2. The highest BCUT2D eigenvalue weighted by Crippen LogP contribution is 2.16. The highest BCUT2D eigenvalue weighted by molar-refractivity contribution is 7.90. The van der Waals surface area contributed by atoms with Crippen LogP contribution in [0.3, 0.4) is 0 Å². The third-order valence-electron chi connectivity index (χ3n) is 3.88. The van der Waals surface area contributed by atoms with Gasteiger partial charge in [0.25, 0.3) is 0 Å². The van der Waals surface area contributed by atoms with Crippen LogP contribution in [0.4, 0.5) is 0 Å². The molecule has 0 unspecified atom stereocenters. The molecule has 0 saturated carbocycles. The van der Waals surface area contributed by atoms with Crippen molar-refractivity contribution in [3.05, 3.63) is 29.8 Å². The Hall–Kier alpha value is -1.56. The van der Waals surface area contributed by atoms with Gasteiger partial charge in [-0.1, -0.05) is 19.1 Å². The molecule has 1 saturated heterocycles. The highest BCUT2D eigenvalue weighted by Gasteiger charge is 2.16. The molecule has 0 amide bonds. The predicted octanol–water partition coefficient (Wildman–Crippen LogP) is 1.64. The Labute approximate surface area is 126 Å². The van der Waals surface area contributed by atoms with Crippen LogP contribution in [-0.4, -0.2) is 38.6 Å². The summed E-state index contributed by atoms with van der Waals surface area (Å²) < 4.78 is 22.8. The van der Waals surface area contributed by atoms with E-state index in [1.54, 1.807) is 24.3 Å². The quantitative estimate of drug-likeness (QED) is 0.680. The maximum absolute atomic E-state index is 11.4. The fraction of sp³-hybridized carbons (Fsp3) is 0.533. The van der Waals surface area contributed by atoms with Gasteiger partial charge in [-0.05, 0) is 36.5 Å². The summed E-state index contributed by atoms with van der Waals surface area (Å²) in [6, 6.07) is 6.79. The normalized spacial score (nSPS) is 18.0. The van der Waals surface area contributed by atoms with Gasteiger partial charge >= 0.3 is 0 Å². The second kappa shape index (κ2) is 6.47. The zero-order chi connectivity index (χ0) is 15.5. The number of benzene rings is 1. The van der Waals surface area contributed by atoms with Crippen molar-refractivity contribution >= 4 is 15.8 Å². The van der Waals surface area contributed by atoms with E-state index < -0.39 is 9.84 Å². The van der Waals surface area contributed by atoms with Crippen LogP contribution < -0.4 is 5.73 Å². The van der Waals surface area contributed by atoms with Crippen molar-refractivity contribution in [2.45, 2.75) is 31.2 Å². The molecule has 1 heterocycles. The number of piperidine rings is 1. The second-order valence-corrected chi connectivity index (χ2v) is 7.78. The lowest BCUT2D eigenvalue weighted by atomic mass is 10.00. The van der Waals surface area contributed by atoms with Crippen molar-refractivity contribution in [1.29, 1.82) is 0 Å². The molecular weight excluding hydrogens is 286 g/mol. The zero-order valence-electron chi connectivity index (χ0n) is 12.6. The third-order valence-corrected chi connectivity index (χ3v) is 5.01. The van der Waals surface area contributed by atoms with Crippen molar-refractivity contribution in [1.82, 2.24) is 4.90 Å². The van der Waals surface area contributed by atoms with Crippen LogP contribution in [0.5, 0.6) is 0 Å². The Kier molecular flexibility index (Phi) is 4.88. The van der Waals surface area contributed by atoms with Gasteiger partial charge in [-0.2, -0.15) is 0 Å². The minimum Gasteiger partial charge on any atom is -0.370 e. The van der Waals surface area contributed by atoms with Gasteiger partial charge in [-0.3, -0.25) is 0 Å². The van der Waals surface area contributed by atoms with Crippen LogP contribution in [0.1, 0.15) is 25.3 Å². The van der Waals surface area contributed by atoms with Gasteiger partial charge in [0.15, 0.2) is 15.8 Å². The van der Waals surface area contributed by atoms with Gasteiger partial charge in [-0.15, -0.1) is 0 Å². The summed E-state index contributed by atoms with van der Waals surface area (Å²) in [7, 11) is -3.14. The standard InChI is InChI=1S/C15H23N3O2S/c1-12-7-9-18(10-8-12)15(16)17-11-13-3-5-14(6-4-13)21(2,19)20/h3-6,12H,7-11H2,1-2H3,(H2,16,17). The minimum atomic E-state index is -3.14. The molecule has 21 heavy (non-hydrogen) atoms. The van der Waals surface area contributed by atoms with Gasteiger partial charge in [0.2, 0.25) is 0 Å². The summed E-state index contributed by atoms with van der Waals surface area (Å²) in [5, 5.41) is 0. The first-order chi connectivity index (χ1) is 9.86. The van der Waals surface area contributed by atoms with E-state index in [4.69, 9.17) is 5.73 Å². The summed E-state index contributed by atoms with van der Waals surface area (Å²) >= 11 is 0. The largest absolute Gasteiger partial charge is 0.370 e. The number of nitrogens with two attached hydrogens (primary N) is 1. The summed E-state index contributed by atoms with van der Waals surface area (Å²) in [5.41, 5.74) is 6.98. The van der Waals surface area contributed by atoms with Crippen molar-refractivity contribution in [3.8, 4) is 0 Å². The van der Waals surface area contributed by atoms with Crippen LogP contribution in [0.25, 0.3) is 0 Å². The molecule has 0 aliphatic carbocycles. The molecule has 1 aliphatic rings. The Morgan fingerprint density at radius 2 is 1.86 bits per heavy atom. The molecule has 0 spiro atoms. The maximum Gasteiger partial charge on any atom is 0.191 e. The van der Waals surface area contributed by atoms with E-state index in [-0.39, 0.29) is 0 Å². The minimum absolute atomic E-state index is 0.327. The number of rotatable bonds is 3. The number of hydrogen-bond donors (Lipinski definition) is 1. The summed E-state index contributed by atoms with van der Waals surface area (Å²) in [6.07, 6.45) is 3.51. The first-order valence-corrected chi connectivity index (χ1v) is 9.09. The highest BCUT2D eigenvalue weighted by atomic mass is 32.2. The van der Waals surface area contributed by atoms with E-state index in [0.29, 0.717) is 17.4 Å². The summed E-state index contributed by atoms with van der Waals surface area (Å²) in [4.78, 5) is 6.85. The van der Waals surface area contributed by atoms with Crippen molar-refractivity contribution < 1.29 is 8.42 Å². The van der Waals surface area contributed by atoms with Crippen LogP contribution in [-0.2, 0) is 16.4 Å². The average Bonchev–Trinajstić information content (AvgIpc) is 2.45. The van der Waals surface area contributed by atoms with Crippen LogP contribution in [0, 0.1) is 5.92 Å². The smallest absolute Gasteiger partial charge is 0.191 e. The predicted molar refractivity (Wildman–Crippen MR) is 84.8 cm³/mol. The van der Waals surface area contributed by atoms with Gasteiger partial charge < -0.3 is 10.6 Å². The fourth-order valence-electron chi connectivity index (χ4n) is 2.35. The van der Waals surface area contributed by atoms with Crippen LogP contribution in [0.2, 0.25) is 0 Å². The molecule has 2 N–H and O–H groups in total. The van der Waals surface area contributed by atoms with E-state index in [0.717, 1.165) is 37.4 Å². The van der Waals surface area contributed by atoms with E-state index in [1.807, 2.05) is 0 Å². The molecule has 0 radical (unpaired) electrons. The maximum atomic E-state index is 11.4. The van der Waals surface area contributed by atoms with Gasteiger partial charge in [0, 0.05) is 19.3 Å². The van der Waals surface area contributed by atoms with Gasteiger partial charge in [0.1, 0.15) is 0 Å². The molecule has 1 aliphatic heterocycles. The number of likely N-dealkylation sites (tertiary alicyclic amines) is 1. The molecule has 0 bridgehead atoms. The van der Waals surface area contributed by atoms with E-state index in [1.165, 1.54) is 6.26 Å². The average molecular weight is 309 g/mol. The van der Waals surface area contributed by atoms with Gasteiger partial charge in [-0.25, -0.2) is 13.4 Å². The lowest BCUT2D eigenvalue weighted by Crippen LogP contribution is -2.42. The second-order valence-electron chi connectivity index (χ2n) is 5.76. The molecule has 5 nitrogen and oxygen atoms in total. The number of sulfone groups is 1. The molecule has 0 aromatic heterocycles. The molecule has 2 rings (SSSR count). The molecule has 1 aromatic rings. The number of aliphatic imine (C=N–C) groups is 1. The lowest BCUT2D eigenvalue weighted by Gasteiger charge is -2.31. The molecule has 1 aromatic carbocycles. The molecule has 1 fully saturated rings. The van der Waals surface area contributed by atoms with E-state index >= 15 is 0 Å². The van der Waals surface area contributed by atoms with Crippen molar-refractivity contribution in [2.75, 3.05) is 19.3 Å². The first-order valence-electron chi connectivity index (χ1n) is 7.20. The van der Waals surface area contributed by atoms with Crippen LogP contribution in [0.15, 0.2) is 34.2 Å². The third kappa shape index (κ3) is 4.46. The molecule has 116 valence electrons.